The predicted octanol–water partition coefficient (Wildman–Crippen LogP) is 1.05. The van der Waals surface area contributed by atoms with E-state index in [4.69, 9.17) is 21.8 Å². The Labute approximate surface area is 106 Å². The third-order valence-electron chi connectivity index (χ3n) is 1.92. The third-order valence-corrected chi connectivity index (χ3v) is 2.23. The molecule has 1 aromatic carbocycles. The van der Waals surface area contributed by atoms with Gasteiger partial charge >= 0.3 is 12.0 Å². The van der Waals surface area contributed by atoms with Crippen LogP contribution < -0.4 is 10.6 Å². The van der Waals surface area contributed by atoms with E-state index in [-0.39, 0.29) is 10.7 Å². The molecule has 6 nitrogen and oxygen atoms in total. The van der Waals surface area contributed by atoms with Crippen LogP contribution in [0.2, 0.25) is 5.02 Å². The number of aliphatic hydroxyl groups is 1. The van der Waals surface area contributed by atoms with Crippen LogP contribution in [-0.2, 0) is 4.79 Å². The molecule has 2 amide bonds. The Hall–Kier alpha value is -1.86. The number of urea groups is 1. The van der Waals surface area contributed by atoms with Gasteiger partial charge in [-0.2, -0.15) is 0 Å². The zero-order chi connectivity index (χ0) is 13.7. The van der Waals surface area contributed by atoms with Crippen LogP contribution in [0.3, 0.4) is 0 Å². The van der Waals surface area contributed by atoms with Gasteiger partial charge in [0.15, 0.2) is 6.10 Å². The van der Waals surface area contributed by atoms with Gasteiger partial charge in [-0.3, -0.25) is 0 Å². The second-order valence-corrected chi connectivity index (χ2v) is 3.72. The molecule has 0 saturated heterocycles. The summed E-state index contributed by atoms with van der Waals surface area (Å²) in [6.45, 7) is -0.458. The Balaban J connectivity index is 2.52. The van der Waals surface area contributed by atoms with Crippen molar-refractivity contribution in [3.8, 4) is 0 Å². The highest BCUT2D eigenvalue weighted by Crippen LogP contribution is 2.21. The van der Waals surface area contributed by atoms with Crippen molar-refractivity contribution in [1.82, 2.24) is 5.32 Å². The second-order valence-electron chi connectivity index (χ2n) is 3.31. The molecule has 0 unspecified atom stereocenters. The fourth-order valence-corrected chi connectivity index (χ4v) is 1.25. The van der Waals surface area contributed by atoms with Crippen molar-refractivity contribution in [3.63, 3.8) is 0 Å². The molecular weight excluding hydrogens is 267 g/mol. The molecule has 0 aliphatic rings. The van der Waals surface area contributed by atoms with Gasteiger partial charge in [0.05, 0.1) is 17.3 Å². The van der Waals surface area contributed by atoms with Crippen LogP contribution in [-0.4, -0.2) is 34.9 Å². The van der Waals surface area contributed by atoms with Crippen LogP contribution in [0.25, 0.3) is 0 Å². The summed E-state index contributed by atoms with van der Waals surface area (Å²) in [5.74, 6) is -2.00. The lowest BCUT2D eigenvalue weighted by molar-refractivity contribution is -0.146. The average Bonchev–Trinajstić information content (AvgIpc) is 2.29. The number of carbonyl (C=O) groups is 2. The zero-order valence-corrected chi connectivity index (χ0v) is 9.74. The van der Waals surface area contributed by atoms with Crippen LogP contribution in [0.4, 0.5) is 14.9 Å². The van der Waals surface area contributed by atoms with Gasteiger partial charge in [-0.1, -0.05) is 11.6 Å². The van der Waals surface area contributed by atoms with Crippen LogP contribution >= 0.6 is 11.6 Å². The number of rotatable bonds is 4. The van der Waals surface area contributed by atoms with Crippen molar-refractivity contribution in [1.29, 1.82) is 0 Å². The lowest BCUT2D eigenvalue weighted by atomic mass is 10.3. The normalized spacial score (nSPS) is 11.7. The van der Waals surface area contributed by atoms with E-state index in [2.05, 4.69) is 10.6 Å². The topological polar surface area (TPSA) is 98.7 Å². The summed E-state index contributed by atoms with van der Waals surface area (Å²) in [4.78, 5) is 21.6. The van der Waals surface area contributed by atoms with Gasteiger partial charge in [0.2, 0.25) is 0 Å². The molecule has 0 bridgehead atoms. The average molecular weight is 277 g/mol. The van der Waals surface area contributed by atoms with E-state index in [9.17, 15) is 14.0 Å². The Morgan fingerprint density at radius 1 is 1.44 bits per heavy atom. The molecule has 1 aromatic rings. The van der Waals surface area contributed by atoms with E-state index in [0.29, 0.717) is 0 Å². The number of carboxylic acids is 1. The fourth-order valence-electron chi connectivity index (χ4n) is 1.03. The number of amides is 2. The highest BCUT2D eigenvalue weighted by atomic mass is 35.5. The second kappa shape index (κ2) is 6.18. The standard InChI is InChI=1S/C10H10ClFN2O4/c11-6-3-5(12)1-2-7(6)14-10(18)13-4-8(15)9(16)17/h1-3,8,15H,4H2,(H,16,17)(H2,13,14,18)/t8-/m0/s1. The molecular formula is C10H10ClFN2O4. The number of anilines is 1. The van der Waals surface area contributed by atoms with Gasteiger partial charge in [-0.05, 0) is 18.2 Å². The Morgan fingerprint density at radius 2 is 2.11 bits per heavy atom. The number of aliphatic carboxylic acids is 1. The van der Waals surface area contributed by atoms with Crippen molar-refractivity contribution in [3.05, 3.63) is 29.0 Å². The van der Waals surface area contributed by atoms with Crippen LogP contribution in [0, 0.1) is 5.82 Å². The van der Waals surface area contributed by atoms with E-state index >= 15 is 0 Å². The molecule has 1 rings (SSSR count). The van der Waals surface area contributed by atoms with Gasteiger partial charge in [0.25, 0.3) is 0 Å². The summed E-state index contributed by atoms with van der Waals surface area (Å²) in [5.41, 5.74) is 0.167. The summed E-state index contributed by atoms with van der Waals surface area (Å²) in [6, 6.07) is 2.62. The molecule has 0 aliphatic carbocycles. The first-order valence-corrected chi connectivity index (χ1v) is 5.18. The smallest absolute Gasteiger partial charge is 0.334 e. The molecule has 0 heterocycles. The number of halogens is 2. The highest BCUT2D eigenvalue weighted by molar-refractivity contribution is 6.33. The summed E-state index contributed by atoms with van der Waals surface area (Å²) < 4.78 is 12.7. The first kappa shape index (κ1) is 14.2. The maximum absolute atomic E-state index is 12.7. The van der Waals surface area contributed by atoms with E-state index < -0.39 is 30.5 Å². The minimum absolute atomic E-state index is 0.00364. The minimum Gasteiger partial charge on any atom is -0.479 e. The largest absolute Gasteiger partial charge is 0.479 e. The number of carbonyl (C=O) groups excluding carboxylic acids is 1. The van der Waals surface area contributed by atoms with Gasteiger partial charge in [-0.15, -0.1) is 0 Å². The lowest BCUT2D eigenvalue weighted by Crippen LogP contribution is -2.38. The number of benzene rings is 1. The molecule has 0 radical (unpaired) electrons. The van der Waals surface area contributed by atoms with E-state index in [1.54, 1.807) is 0 Å². The van der Waals surface area contributed by atoms with Crippen LogP contribution in [0.1, 0.15) is 0 Å². The molecule has 0 fully saturated rings. The molecule has 0 spiro atoms. The predicted molar refractivity (Wildman–Crippen MR) is 62.1 cm³/mol. The lowest BCUT2D eigenvalue weighted by Gasteiger charge is -2.10. The fraction of sp³-hybridized carbons (Fsp3) is 0.200. The van der Waals surface area contributed by atoms with Crippen molar-refractivity contribution < 1.29 is 24.2 Å². The summed E-state index contributed by atoms with van der Waals surface area (Å²) in [6.07, 6.45) is -1.69. The number of aliphatic hydroxyl groups excluding tert-OH is 1. The Kier molecular flexibility index (Phi) is 4.87. The van der Waals surface area contributed by atoms with Crippen molar-refractivity contribution in [2.24, 2.45) is 0 Å². The maximum Gasteiger partial charge on any atom is 0.334 e. The zero-order valence-electron chi connectivity index (χ0n) is 8.98. The quantitative estimate of drug-likeness (QED) is 0.660. The summed E-state index contributed by atoms with van der Waals surface area (Å²) in [5, 5.41) is 21.7. The summed E-state index contributed by atoms with van der Waals surface area (Å²) >= 11 is 5.66. The summed E-state index contributed by atoms with van der Waals surface area (Å²) in [7, 11) is 0. The van der Waals surface area contributed by atoms with Crippen molar-refractivity contribution in [2.75, 3.05) is 11.9 Å². The maximum atomic E-state index is 12.7. The molecule has 98 valence electrons. The van der Waals surface area contributed by atoms with Gasteiger partial charge in [-0.25, -0.2) is 14.0 Å². The van der Waals surface area contributed by atoms with Gasteiger partial charge < -0.3 is 20.8 Å². The number of carboxylic acid groups (broad SMARTS) is 1. The third kappa shape index (κ3) is 4.19. The molecule has 1 atom stereocenters. The van der Waals surface area contributed by atoms with Crippen LogP contribution in [0.15, 0.2) is 18.2 Å². The van der Waals surface area contributed by atoms with E-state index in [0.717, 1.165) is 12.1 Å². The first-order chi connectivity index (χ1) is 8.40. The van der Waals surface area contributed by atoms with Crippen molar-refractivity contribution >= 4 is 29.3 Å². The molecule has 4 N–H and O–H groups in total. The number of hydrogen-bond acceptors (Lipinski definition) is 3. The minimum atomic E-state index is -1.69. The molecule has 18 heavy (non-hydrogen) atoms. The molecule has 0 saturated carbocycles. The Morgan fingerprint density at radius 3 is 2.67 bits per heavy atom. The Bertz CT molecular complexity index is 469. The number of nitrogens with one attached hydrogen (secondary N) is 2. The number of hydrogen-bond donors (Lipinski definition) is 4. The van der Waals surface area contributed by atoms with E-state index in [1.165, 1.54) is 6.07 Å². The first-order valence-electron chi connectivity index (χ1n) is 4.81. The SMILES string of the molecule is O=C(NC[C@H](O)C(=O)O)Nc1ccc(F)cc1Cl. The van der Waals surface area contributed by atoms with Crippen molar-refractivity contribution in [2.45, 2.75) is 6.10 Å². The van der Waals surface area contributed by atoms with E-state index in [1.807, 2.05) is 0 Å². The molecule has 8 heteroatoms. The molecule has 0 aliphatic heterocycles. The highest BCUT2D eigenvalue weighted by Gasteiger charge is 2.14. The van der Waals surface area contributed by atoms with Gasteiger partial charge in [0, 0.05) is 0 Å². The van der Waals surface area contributed by atoms with Gasteiger partial charge in [0.1, 0.15) is 5.82 Å². The monoisotopic (exact) mass is 276 g/mol. The van der Waals surface area contributed by atoms with Crippen LogP contribution in [0.5, 0.6) is 0 Å². The molecule has 0 aromatic heterocycles.